The highest BCUT2D eigenvalue weighted by molar-refractivity contribution is 8.03. The molecule has 0 fully saturated rings. The quantitative estimate of drug-likeness (QED) is 0.839. The van der Waals surface area contributed by atoms with Gasteiger partial charge in [0.2, 0.25) is 12.7 Å². The molecule has 1 aromatic carbocycles. The molecule has 1 amide bonds. The molecule has 23 heavy (non-hydrogen) atoms. The van der Waals surface area contributed by atoms with E-state index in [1.165, 1.54) is 0 Å². The van der Waals surface area contributed by atoms with Crippen molar-refractivity contribution >= 4 is 17.7 Å². The van der Waals surface area contributed by atoms with Crippen LogP contribution in [0.1, 0.15) is 37.7 Å². The number of allylic oxidation sites excluding steroid dienone is 1. The van der Waals surface area contributed by atoms with Gasteiger partial charge in [-0.15, -0.1) is 11.8 Å². The lowest BCUT2D eigenvalue weighted by Gasteiger charge is -2.25. The van der Waals surface area contributed by atoms with E-state index in [-0.39, 0.29) is 25.0 Å². The van der Waals surface area contributed by atoms with Gasteiger partial charge in [-0.05, 0) is 29.9 Å². The molecule has 120 valence electrons. The predicted molar refractivity (Wildman–Crippen MR) is 88.1 cm³/mol. The molecule has 0 aliphatic carbocycles. The number of unbranched alkanes of at least 4 members (excludes halogenated alkanes) is 1. The molecule has 2 aliphatic rings. The lowest BCUT2D eigenvalue weighted by atomic mass is 9.87. The summed E-state index contributed by atoms with van der Waals surface area (Å²) in [4.78, 5) is 12.1. The van der Waals surface area contributed by atoms with E-state index in [0.29, 0.717) is 22.1 Å². The zero-order chi connectivity index (χ0) is 16.2. The maximum Gasteiger partial charge on any atom is 0.231 e. The van der Waals surface area contributed by atoms with Gasteiger partial charge in [-0.1, -0.05) is 19.4 Å². The van der Waals surface area contributed by atoms with Gasteiger partial charge < -0.3 is 14.8 Å². The zero-order valence-electron chi connectivity index (χ0n) is 12.9. The Morgan fingerprint density at radius 3 is 3.00 bits per heavy atom. The first-order chi connectivity index (χ1) is 11.2. The van der Waals surface area contributed by atoms with E-state index < -0.39 is 0 Å². The number of hydrogen-bond acceptors (Lipinski definition) is 5. The minimum atomic E-state index is -0.229. The number of nitrogens with zero attached hydrogens (tertiary/aromatic N) is 1. The summed E-state index contributed by atoms with van der Waals surface area (Å²) in [7, 11) is 0. The lowest BCUT2D eigenvalue weighted by Crippen LogP contribution is -2.30. The summed E-state index contributed by atoms with van der Waals surface area (Å²) in [6, 6.07) is 7.90. The molecule has 3 rings (SSSR count). The summed E-state index contributed by atoms with van der Waals surface area (Å²) in [6.45, 7) is 2.33. The molecule has 0 unspecified atom stereocenters. The van der Waals surface area contributed by atoms with Crippen molar-refractivity contribution in [1.29, 1.82) is 5.26 Å². The van der Waals surface area contributed by atoms with Crippen LogP contribution in [0.15, 0.2) is 28.8 Å². The van der Waals surface area contributed by atoms with Crippen molar-refractivity contribution in [2.45, 2.75) is 32.1 Å². The van der Waals surface area contributed by atoms with E-state index in [4.69, 9.17) is 9.47 Å². The van der Waals surface area contributed by atoms with Crippen molar-refractivity contribution in [3.63, 3.8) is 0 Å². The monoisotopic (exact) mass is 330 g/mol. The molecule has 1 atom stereocenters. The van der Waals surface area contributed by atoms with Crippen molar-refractivity contribution in [2.24, 2.45) is 0 Å². The highest BCUT2D eigenvalue weighted by Gasteiger charge is 2.30. The Hall–Kier alpha value is -2.13. The van der Waals surface area contributed by atoms with Gasteiger partial charge in [-0.25, -0.2) is 0 Å². The van der Waals surface area contributed by atoms with Crippen LogP contribution in [0.2, 0.25) is 0 Å². The number of carbonyl (C=O) groups excluding carboxylic acids is 1. The molecule has 0 aromatic heterocycles. The lowest BCUT2D eigenvalue weighted by molar-refractivity contribution is -0.120. The van der Waals surface area contributed by atoms with Crippen molar-refractivity contribution in [1.82, 2.24) is 5.32 Å². The van der Waals surface area contributed by atoms with Gasteiger partial charge in [0.1, 0.15) is 0 Å². The SMILES string of the molecule is CCCCSC1=C(C#N)[C@H](c2ccc3c(c2)OCO3)CC(=O)N1. The van der Waals surface area contributed by atoms with E-state index in [1.54, 1.807) is 11.8 Å². The first kappa shape index (κ1) is 15.8. The molecule has 6 heteroatoms. The van der Waals surface area contributed by atoms with Crippen LogP contribution in [0.3, 0.4) is 0 Å². The van der Waals surface area contributed by atoms with E-state index in [0.717, 1.165) is 24.2 Å². The average Bonchev–Trinajstić information content (AvgIpc) is 3.02. The third-order valence-corrected chi connectivity index (χ3v) is 5.00. The van der Waals surface area contributed by atoms with E-state index >= 15 is 0 Å². The Morgan fingerprint density at radius 1 is 1.39 bits per heavy atom. The predicted octanol–water partition coefficient (Wildman–Crippen LogP) is 3.29. The molecule has 5 nitrogen and oxygen atoms in total. The normalized spacial score (nSPS) is 19.5. The van der Waals surface area contributed by atoms with Gasteiger partial charge in [-0.2, -0.15) is 5.26 Å². The highest BCUT2D eigenvalue weighted by atomic mass is 32.2. The van der Waals surface area contributed by atoms with Crippen LogP contribution < -0.4 is 14.8 Å². The molecule has 0 saturated heterocycles. The van der Waals surface area contributed by atoms with Crippen molar-refractivity contribution in [3.8, 4) is 17.6 Å². The van der Waals surface area contributed by atoms with Crippen molar-refractivity contribution < 1.29 is 14.3 Å². The number of carbonyl (C=O) groups is 1. The fraction of sp³-hybridized carbons (Fsp3) is 0.412. The summed E-state index contributed by atoms with van der Waals surface area (Å²) in [6.07, 6.45) is 2.42. The first-order valence-electron chi connectivity index (χ1n) is 7.69. The van der Waals surface area contributed by atoms with E-state index in [2.05, 4.69) is 18.3 Å². The number of amides is 1. The highest BCUT2D eigenvalue weighted by Crippen LogP contribution is 2.40. The Kier molecular flexibility index (Phi) is 4.77. The molecular weight excluding hydrogens is 312 g/mol. The zero-order valence-corrected chi connectivity index (χ0v) is 13.7. The molecule has 0 spiro atoms. The van der Waals surface area contributed by atoms with Gasteiger partial charge in [0, 0.05) is 12.3 Å². The molecule has 0 radical (unpaired) electrons. The fourth-order valence-corrected chi connectivity index (χ4v) is 3.83. The number of nitrogens with one attached hydrogen (secondary N) is 1. The number of hydrogen-bond donors (Lipinski definition) is 1. The number of nitriles is 1. The second kappa shape index (κ2) is 6.97. The maximum absolute atomic E-state index is 12.1. The summed E-state index contributed by atoms with van der Waals surface area (Å²) in [5.74, 6) is 1.99. The summed E-state index contributed by atoms with van der Waals surface area (Å²) >= 11 is 1.55. The van der Waals surface area contributed by atoms with Crippen LogP contribution in [-0.4, -0.2) is 18.5 Å². The minimum absolute atomic E-state index is 0.0503. The van der Waals surface area contributed by atoms with E-state index in [1.807, 2.05) is 18.2 Å². The topological polar surface area (TPSA) is 71.3 Å². The Labute approximate surface area is 139 Å². The van der Waals surface area contributed by atoms with Gasteiger partial charge in [0.05, 0.1) is 16.7 Å². The smallest absolute Gasteiger partial charge is 0.231 e. The van der Waals surface area contributed by atoms with Crippen LogP contribution in [0, 0.1) is 11.3 Å². The number of thioether (sulfide) groups is 1. The van der Waals surface area contributed by atoms with Crippen molar-refractivity contribution in [3.05, 3.63) is 34.4 Å². The fourth-order valence-electron chi connectivity index (χ4n) is 2.67. The number of rotatable bonds is 5. The van der Waals surface area contributed by atoms with Gasteiger partial charge in [-0.3, -0.25) is 4.79 Å². The minimum Gasteiger partial charge on any atom is -0.454 e. The van der Waals surface area contributed by atoms with E-state index in [9.17, 15) is 10.1 Å². The molecular formula is C17H18N2O3S. The number of ether oxygens (including phenoxy) is 2. The Balaban J connectivity index is 1.91. The van der Waals surface area contributed by atoms with Crippen LogP contribution in [0.25, 0.3) is 0 Å². The molecule has 1 N–H and O–H groups in total. The van der Waals surface area contributed by atoms with Gasteiger partial charge in [0.15, 0.2) is 11.5 Å². The summed E-state index contributed by atoms with van der Waals surface area (Å²) < 4.78 is 10.7. The summed E-state index contributed by atoms with van der Waals surface area (Å²) in [5.41, 5.74) is 1.54. The van der Waals surface area contributed by atoms with Gasteiger partial charge >= 0.3 is 0 Å². The molecule has 2 aliphatic heterocycles. The second-order valence-electron chi connectivity index (χ2n) is 5.47. The number of fused-ring (bicyclic) bond motifs is 1. The first-order valence-corrected chi connectivity index (χ1v) is 8.68. The summed E-state index contributed by atoms with van der Waals surface area (Å²) in [5, 5.41) is 13.1. The van der Waals surface area contributed by atoms with Gasteiger partial charge in [0.25, 0.3) is 0 Å². The largest absolute Gasteiger partial charge is 0.454 e. The van der Waals surface area contributed by atoms with Crippen LogP contribution in [0.5, 0.6) is 11.5 Å². The Morgan fingerprint density at radius 2 is 2.22 bits per heavy atom. The van der Waals surface area contributed by atoms with Crippen LogP contribution in [-0.2, 0) is 4.79 Å². The number of benzene rings is 1. The second-order valence-corrected chi connectivity index (χ2v) is 6.58. The molecule has 2 heterocycles. The maximum atomic E-state index is 12.1. The standard InChI is InChI=1S/C17H18N2O3S/c1-2-3-6-23-17-13(9-18)12(8-16(20)19-17)11-4-5-14-15(7-11)22-10-21-14/h4-5,7,12H,2-3,6,8,10H2,1H3,(H,19,20)/t12-/m0/s1. The third-order valence-electron chi connectivity index (χ3n) is 3.90. The third kappa shape index (κ3) is 3.30. The molecule has 0 bridgehead atoms. The van der Waals surface area contributed by atoms with Crippen LogP contribution >= 0.6 is 11.8 Å². The molecule has 1 aromatic rings. The molecule has 0 saturated carbocycles. The van der Waals surface area contributed by atoms with Crippen molar-refractivity contribution in [2.75, 3.05) is 12.5 Å². The average molecular weight is 330 g/mol. The Bertz CT molecular complexity index is 694. The van der Waals surface area contributed by atoms with Crippen LogP contribution in [0.4, 0.5) is 0 Å².